The van der Waals surface area contributed by atoms with Crippen LogP contribution in [0.15, 0.2) is 42.5 Å². The van der Waals surface area contributed by atoms with Crippen LogP contribution in [-0.2, 0) is 29.0 Å². The van der Waals surface area contributed by atoms with E-state index in [1.54, 1.807) is 6.07 Å². The van der Waals surface area contributed by atoms with Crippen molar-refractivity contribution in [1.82, 2.24) is 10.2 Å². The van der Waals surface area contributed by atoms with Gasteiger partial charge in [0, 0.05) is 25.0 Å². The summed E-state index contributed by atoms with van der Waals surface area (Å²) >= 11 is 6.36. The van der Waals surface area contributed by atoms with E-state index in [2.05, 4.69) is 24.4 Å². The van der Waals surface area contributed by atoms with Crippen molar-refractivity contribution in [2.24, 2.45) is 0 Å². The Hall–Kier alpha value is -2.33. The number of hydrogen-bond acceptors (Lipinski definition) is 2. The highest BCUT2D eigenvalue weighted by atomic mass is 35.5. The minimum absolute atomic E-state index is 0.0498. The SMILES string of the molecule is CC(=O)NCc1cccc(Cl)c1CC(=O)N1CCc2ccccc2[C@@H]1C. The minimum atomic E-state index is -0.108. The fraction of sp³-hybridized carbons (Fsp3) is 0.333. The smallest absolute Gasteiger partial charge is 0.227 e. The highest BCUT2D eigenvalue weighted by Gasteiger charge is 2.28. The first kappa shape index (κ1) is 18.5. The van der Waals surface area contributed by atoms with E-state index in [1.807, 2.05) is 29.2 Å². The number of carbonyl (C=O) groups excluding carboxylic acids is 2. The second-order valence-electron chi connectivity index (χ2n) is 6.68. The molecule has 4 nitrogen and oxygen atoms in total. The number of nitrogens with one attached hydrogen (secondary N) is 1. The Bertz CT molecular complexity index is 835. The zero-order valence-electron chi connectivity index (χ0n) is 15.1. The quantitative estimate of drug-likeness (QED) is 0.892. The number of benzene rings is 2. The summed E-state index contributed by atoms with van der Waals surface area (Å²) in [5.74, 6) is -0.0484. The molecule has 0 aliphatic carbocycles. The Morgan fingerprint density at radius 1 is 1.19 bits per heavy atom. The third-order valence-corrected chi connectivity index (χ3v) is 5.34. The van der Waals surface area contributed by atoms with Crippen LogP contribution in [0.3, 0.4) is 0 Å². The summed E-state index contributed by atoms with van der Waals surface area (Å²) in [6.45, 7) is 4.63. The Morgan fingerprint density at radius 2 is 1.96 bits per heavy atom. The average molecular weight is 371 g/mol. The summed E-state index contributed by atoms with van der Waals surface area (Å²) < 4.78 is 0. The summed E-state index contributed by atoms with van der Waals surface area (Å²) in [6.07, 6.45) is 1.11. The zero-order valence-corrected chi connectivity index (χ0v) is 15.8. The van der Waals surface area contributed by atoms with Crippen molar-refractivity contribution < 1.29 is 9.59 Å². The second kappa shape index (κ2) is 7.92. The van der Waals surface area contributed by atoms with Gasteiger partial charge in [-0.2, -0.15) is 0 Å². The molecular weight excluding hydrogens is 348 g/mol. The fourth-order valence-corrected chi connectivity index (χ4v) is 3.81. The van der Waals surface area contributed by atoms with E-state index < -0.39 is 0 Å². The molecule has 0 radical (unpaired) electrons. The van der Waals surface area contributed by atoms with Gasteiger partial charge in [-0.1, -0.05) is 48.0 Å². The van der Waals surface area contributed by atoms with E-state index in [0.717, 1.165) is 17.5 Å². The van der Waals surface area contributed by atoms with E-state index in [4.69, 9.17) is 11.6 Å². The standard InChI is InChI=1S/C21H23ClN2O2/c1-14-18-8-4-3-6-16(18)10-11-24(14)21(26)12-19-17(13-23-15(2)25)7-5-9-20(19)22/h3-9,14H,10-13H2,1-2H3,(H,23,25)/t14-/m0/s1. The Morgan fingerprint density at radius 3 is 2.73 bits per heavy atom. The van der Waals surface area contributed by atoms with E-state index in [-0.39, 0.29) is 24.3 Å². The Kier molecular flexibility index (Phi) is 5.62. The lowest BCUT2D eigenvalue weighted by Crippen LogP contribution is -2.39. The molecule has 3 rings (SSSR count). The molecule has 0 saturated carbocycles. The number of nitrogens with zero attached hydrogens (tertiary/aromatic N) is 1. The van der Waals surface area contributed by atoms with Gasteiger partial charge in [0.25, 0.3) is 0 Å². The lowest BCUT2D eigenvalue weighted by molar-refractivity contribution is -0.133. The lowest BCUT2D eigenvalue weighted by atomic mass is 9.93. The zero-order chi connectivity index (χ0) is 18.7. The first-order valence-corrected chi connectivity index (χ1v) is 9.23. The van der Waals surface area contributed by atoms with Crippen LogP contribution in [0.2, 0.25) is 5.02 Å². The maximum Gasteiger partial charge on any atom is 0.227 e. The third-order valence-electron chi connectivity index (χ3n) is 4.99. The highest BCUT2D eigenvalue weighted by molar-refractivity contribution is 6.31. The predicted molar refractivity (Wildman–Crippen MR) is 103 cm³/mol. The van der Waals surface area contributed by atoms with Crippen LogP contribution < -0.4 is 5.32 Å². The van der Waals surface area contributed by atoms with Gasteiger partial charge >= 0.3 is 0 Å². The molecule has 0 aromatic heterocycles. The maximum absolute atomic E-state index is 13.0. The molecule has 1 aliphatic rings. The van der Waals surface area contributed by atoms with Gasteiger partial charge in [0.05, 0.1) is 12.5 Å². The van der Waals surface area contributed by atoms with E-state index in [9.17, 15) is 9.59 Å². The molecule has 0 spiro atoms. The van der Waals surface area contributed by atoms with Crippen LogP contribution in [-0.4, -0.2) is 23.3 Å². The molecule has 2 aromatic carbocycles. The molecule has 0 bridgehead atoms. The number of hydrogen-bond donors (Lipinski definition) is 1. The van der Waals surface area contributed by atoms with Gasteiger partial charge in [0.15, 0.2) is 0 Å². The molecule has 136 valence electrons. The van der Waals surface area contributed by atoms with Crippen LogP contribution in [0, 0.1) is 0 Å². The average Bonchev–Trinajstić information content (AvgIpc) is 2.62. The van der Waals surface area contributed by atoms with Crippen molar-refractivity contribution in [2.75, 3.05) is 6.54 Å². The summed E-state index contributed by atoms with van der Waals surface area (Å²) in [5, 5.41) is 3.34. The first-order chi connectivity index (χ1) is 12.5. The number of fused-ring (bicyclic) bond motifs is 1. The monoisotopic (exact) mass is 370 g/mol. The van der Waals surface area contributed by atoms with Crippen LogP contribution in [0.25, 0.3) is 0 Å². The molecule has 26 heavy (non-hydrogen) atoms. The predicted octanol–water partition coefficient (Wildman–Crippen LogP) is 3.66. The van der Waals surface area contributed by atoms with Crippen molar-refractivity contribution in [3.63, 3.8) is 0 Å². The van der Waals surface area contributed by atoms with Crippen LogP contribution in [0.5, 0.6) is 0 Å². The first-order valence-electron chi connectivity index (χ1n) is 8.85. The number of carbonyl (C=O) groups is 2. The number of amides is 2. The molecular formula is C21H23ClN2O2. The molecule has 1 aliphatic heterocycles. The van der Waals surface area contributed by atoms with E-state index in [0.29, 0.717) is 18.1 Å². The Balaban J connectivity index is 1.79. The van der Waals surface area contributed by atoms with Gasteiger partial charge in [-0.05, 0) is 41.7 Å². The summed E-state index contributed by atoms with van der Waals surface area (Å²) in [7, 11) is 0. The van der Waals surface area contributed by atoms with Crippen LogP contribution in [0.1, 0.15) is 42.1 Å². The van der Waals surface area contributed by atoms with Gasteiger partial charge in [-0.15, -0.1) is 0 Å². The molecule has 0 unspecified atom stereocenters. The normalized spacial score (nSPS) is 16.1. The van der Waals surface area contributed by atoms with Gasteiger partial charge in [0.1, 0.15) is 0 Å². The molecule has 2 aromatic rings. The number of rotatable bonds is 4. The van der Waals surface area contributed by atoms with Crippen molar-refractivity contribution in [2.45, 2.75) is 39.3 Å². The topological polar surface area (TPSA) is 49.4 Å². The maximum atomic E-state index is 13.0. The molecule has 1 atom stereocenters. The van der Waals surface area contributed by atoms with Crippen LogP contribution in [0.4, 0.5) is 0 Å². The molecule has 0 saturated heterocycles. The molecule has 1 N–H and O–H groups in total. The molecule has 2 amide bonds. The Labute approximate surface area is 159 Å². The molecule has 1 heterocycles. The van der Waals surface area contributed by atoms with Crippen molar-refractivity contribution in [1.29, 1.82) is 0 Å². The van der Waals surface area contributed by atoms with Crippen molar-refractivity contribution >= 4 is 23.4 Å². The minimum Gasteiger partial charge on any atom is -0.352 e. The van der Waals surface area contributed by atoms with E-state index >= 15 is 0 Å². The van der Waals surface area contributed by atoms with Crippen LogP contribution >= 0.6 is 11.6 Å². The molecule has 5 heteroatoms. The largest absolute Gasteiger partial charge is 0.352 e. The molecule has 0 fully saturated rings. The summed E-state index contributed by atoms with van der Waals surface area (Å²) in [5.41, 5.74) is 4.20. The van der Waals surface area contributed by atoms with Crippen molar-refractivity contribution in [3.05, 3.63) is 69.7 Å². The second-order valence-corrected chi connectivity index (χ2v) is 7.08. The fourth-order valence-electron chi connectivity index (χ4n) is 3.55. The highest BCUT2D eigenvalue weighted by Crippen LogP contribution is 2.30. The number of halogens is 1. The summed E-state index contributed by atoms with van der Waals surface area (Å²) in [6, 6.07) is 13.9. The van der Waals surface area contributed by atoms with Gasteiger partial charge in [0.2, 0.25) is 11.8 Å². The summed E-state index contributed by atoms with van der Waals surface area (Å²) in [4.78, 5) is 26.2. The van der Waals surface area contributed by atoms with Gasteiger partial charge < -0.3 is 10.2 Å². The third kappa shape index (κ3) is 3.91. The van der Waals surface area contributed by atoms with Gasteiger partial charge in [-0.3, -0.25) is 9.59 Å². The lowest BCUT2D eigenvalue weighted by Gasteiger charge is -2.35. The van der Waals surface area contributed by atoms with E-state index in [1.165, 1.54) is 18.1 Å². The van der Waals surface area contributed by atoms with Crippen molar-refractivity contribution in [3.8, 4) is 0 Å². The van der Waals surface area contributed by atoms with Gasteiger partial charge in [-0.25, -0.2) is 0 Å².